The fourth-order valence-electron chi connectivity index (χ4n) is 1.91. The van der Waals surface area contributed by atoms with Crippen LogP contribution in [0.3, 0.4) is 0 Å². The van der Waals surface area contributed by atoms with E-state index < -0.39 is 0 Å². The zero-order chi connectivity index (χ0) is 13.1. The van der Waals surface area contributed by atoms with Crippen molar-refractivity contribution in [2.45, 2.75) is 6.61 Å². The molecular formula is C14H13N3OS. The van der Waals surface area contributed by atoms with Crippen molar-refractivity contribution in [2.24, 2.45) is 0 Å². The number of pyridine rings is 1. The van der Waals surface area contributed by atoms with Crippen LogP contribution in [0, 0.1) is 0 Å². The van der Waals surface area contributed by atoms with Gasteiger partial charge in [0.25, 0.3) is 0 Å². The molecule has 0 radical (unpaired) electrons. The molecule has 96 valence electrons. The molecule has 2 aromatic heterocycles. The Morgan fingerprint density at radius 3 is 3.11 bits per heavy atom. The number of methoxy groups -OCH3 is 1. The average Bonchev–Trinajstić information content (AvgIpc) is 2.87. The van der Waals surface area contributed by atoms with Crippen molar-refractivity contribution < 1.29 is 4.74 Å². The number of rotatable bonds is 4. The van der Waals surface area contributed by atoms with Crippen molar-refractivity contribution >= 4 is 33.1 Å². The third-order valence-corrected chi connectivity index (χ3v) is 3.54. The highest BCUT2D eigenvalue weighted by Gasteiger charge is 2.05. The van der Waals surface area contributed by atoms with Gasteiger partial charge in [-0.2, -0.15) is 0 Å². The Kier molecular flexibility index (Phi) is 3.39. The number of ether oxygens (including phenoxy) is 1. The predicted octanol–water partition coefficient (Wildman–Crippen LogP) is 3.58. The maximum atomic E-state index is 5.07. The molecule has 5 heteroatoms. The Hall–Kier alpha value is -1.98. The van der Waals surface area contributed by atoms with E-state index >= 15 is 0 Å². The zero-order valence-electron chi connectivity index (χ0n) is 10.5. The van der Waals surface area contributed by atoms with Crippen molar-refractivity contribution in [3.63, 3.8) is 0 Å². The molecule has 2 heterocycles. The molecule has 19 heavy (non-hydrogen) atoms. The maximum Gasteiger partial charge on any atom is 0.187 e. The quantitative estimate of drug-likeness (QED) is 0.788. The fourth-order valence-corrected chi connectivity index (χ4v) is 2.61. The molecule has 0 amide bonds. The van der Waals surface area contributed by atoms with Gasteiger partial charge in [0.15, 0.2) is 5.13 Å². The van der Waals surface area contributed by atoms with Gasteiger partial charge in [-0.1, -0.05) is 6.07 Å². The molecule has 0 aliphatic heterocycles. The van der Waals surface area contributed by atoms with Gasteiger partial charge in [-0.15, -0.1) is 11.3 Å². The van der Waals surface area contributed by atoms with Crippen LogP contribution < -0.4 is 5.32 Å². The standard InChI is InChI=1S/C14H13N3OS/c1-18-8-10-9-19-14(16-10)17-13-6-2-5-12-11(13)4-3-7-15-12/h2-7,9H,8H2,1H3,(H,16,17). The summed E-state index contributed by atoms with van der Waals surface area (Å²) in [5.41, 5.74) is 2.93. The number of nitrogens with one attached hydrogen (secondary N) is 1. The van der Waals surface area contributed by atoms with Crippen molar-refractivity contribution in [3.8, 4) is 0 Å². The van der Waals surface area contributed by atoms with E-state index in [1.807, 2.05) is 35.7 Å². The normalized spacial score (nSPS) is 10.8. The monoisotopic (exact) mass is 271 g/mol. The Balaban J connectivity index is 1.92. The maximum absolute atomic E-state index is 5.07. The number of benzene rings is 1. The fraction of sp³-hybridized carbons (Fsp3) is 0.143. The predicted molar refractivity (Wildman–Crippen MR) is 77.9 cm³/mol. The van der Waals surface area contributed by atoms with E-state index in [0.29, 0.717) is 6.61 Å². The Bertz CT molecular complexity index is 690. The van der Waals surface area contributed by atoms with Crippen LogP contribution in [0.4, 0.5) is 10.8 Å². The van der Waals surface area contributed by atoms with E-state index in [9.17, 15) is 0 Å². The third-order valence-electron chi connectivity index (χ3n) is 2.73. The van der Waals surface area contributed by atoms with Gasteiger partial charge in [-0.3, -0.25) is 4.98 Å². The first-order valence-electron chi connectivity index (χ1n) is 5.91. The lowest BCUT2D eigenvalue weighted by Crippen LogP contribution is -1.93. The second kappa shape index (κ2) is 5.34. The summed E-state index contributed by atoms with van der Waals surface area (Å²) >= 11 is 1.57. The molecule has 0 spiro atoms. The summed E-state index contributed by atoms with van der Waals surface area (Å²) in [4.78, 5) is 8.81. The molecule has 0 unspecified atom stereocenters. The molecule has 0 fully saturated rings. The molecular weight excluding hydrogens is 258 g/mol. The molecule has 0 atom stereocenters. The third kappa shape index (κ3) is 2.57. The number of aromatic nitrogens is 2. The van der Waals surface area contributed by atoms with Gasteiger partial charge in [0.1, 0.15) is 0 Å². The van der Waals surface area contributed by atoms with Crippen LogP contribution in [0.5, 0.6) is 0 Å². The lowest BCUT2D eigenvalue weighted by Gasteiger charge is -2.06. The highest BCUT2D eigenvalue weighted by molar-refractivity contribution is 7.13. The minimum atomic E-state index is 0.537. The van der Waals surface area contributed by atoms with Crippen LogP contribution in [0.25, 0.3) is 10.9 Å². The summed E-state index contributed by atoms with van der Waals surface area (Å²) in [6.45, 7) is 0.537. The number of thiazole rings is 1. The first-order chi connectivity index (χ1) is 9.36. The lowest BCUT2D eigenvalue weighted by atomic mass is 10.2. The average molecular weight is 271 g/mol. The highest BCUT2D eigenvalue weighted by Crippen LogP contribution is 2.26. The number of nitrogens with zero attached hydrogens (tertiary/aromatic N) is 2. The molecule has 1 aromatic carbocycles. The van der Waals surface area contributed by atoms with Crippen LogP contribution in [0.15, 0.2) is 41.9 Å². The van der Waals surface area contributed by atoms with Gasteiger partial charge in [0.05, 0.1) is 17.8 Å². The smallest absolute Gasteiger partial charge is 0.187 e. The van der Waals surface area contributed by atoms with E-state index in [-0.39, 0.29) is 0 Å². The van der Waals surface area contributed by atoms with Crippen LogP contribution in [-0.2, 0) is 11.3 Å². The summed E-state index contributed by atoms with van der Waals surface area (Å²) in [5.74, 6) is 0. The van der Waals surface area contributed by atoms with E-state index in [4.69, 9.17) is 4.74 Å². The molecule has 4 nitrogen and oxygen atoms in total. The van der Waals surface area contributed by atoms with Gasteiger partial charge in [0.2, 0.25) is 0 Å². The number of hydrogen-bond acceptors (Lipinski definition) is 5. The van der Waals surface area contributed by atoms with Gasteiger partial charge in [-0.05, 0) is 24.3 Å². The Morgan fingerprint density at radius 1 is 1.26 bits per heavy atom. The molecule has 0 bridgehead atoms. The van der Waals surface area contributed by atoms with Crippen LogP contribution in [-0.4, -0.2) is 17.1 Å². The summed E-state index contributed by atoms with van der Waals surface area (Å²) in [5, 5.41) is 7.29. The SMILES string of the molecule is COCc1csc(Nc2cccc3ncccc23)n1. The first kappa shape index (κ1) is 12.1. The Labute approximate surface area is 115 Å². The molecule has 3 rings (SSSR count). The van der Waals surface area contributed by atoms with Gasteiger partial charge in [-0.25, -0.2) is 4.98 Å². The lowest BCUT2D eigenvalue weighted by molar-refractivity contribution is 0.182. The highest BCUT2D eigenvalue weighted by atomic mass is 32.1. The topological polar surface area (TPSA) is 47.0 Å². The summed E-state index contributed by atoms with van der Waals surface area (Å²) in [6.07, 6.45) is 1.80. The summed E-state index contributed by atoms with van der Waals surface area (Å²) in [7, 11) is 1.67. The molecule has 3 aromatic rings. The van der Waals surface area contributed by atoms with Crippen molar-refractivity contribution in [1.29, 1.82) is 0 Å². The van der Waals surface area contributed by atoms with Crippen LogP contribution in [0.2, 0.25) is 0 Å². The van der Waals surface area contributed by atoms with Gasteiger partial charge >= 0.3 is 0 Å². The summed E-state index contributed by atoms with van der Waals surface area (Å²) in [6, 6.07) is 10.0. The van der Waals surface area contributed by atoms with E-state index in [0.717, 1.165) is 27.4 Å². The largest absolute Gasteiger partial charge is 0.378 e. The molecule has 0 aliphatic carbocycles. The van der Waals surface area contributed by atoms with E-state index in [2.05, 4.69) is 15.3 Å². The first-order valence-corrected chi connectivity index (χ1v) is 6.79. The minimum Gasteiger partial charge on any atom is -0.378 e. The summed E-state index contributed by atoms with van der Waals surface area (Å²) < 4.78 is 5.07. The van der Waals surface area contributed by atoms with Gasteiger partial charge < -0.3 is 10.1 Å². The van der Waals surface area contributed by atoms with Gasteiger partial charge in [0, 0.05) is 29.8 Å². The van der Waals surface area contributed by atoms with E-state index in [1.165, 1.54) is 0 Å². The van der Waals surface area contributed by atoms with E-state index in [1.54, 1.807) is 24.6 Å². The number of hydrogen-bond donors (Lipinski definition) is 1. The van der Waals surface area contributed by atoms with Crippen LogP contribution >= 0.6 is 11.3 Å². The van der Waals surface area contributed by atoms with Crippen molar-refractivity contribution in [3.05, 3.63) is 47.6 Å². The minimum absolute atomic E-state index is 0.537. The second-order valence-corrected chi connectivity index (χ2v) is 4.94. The second-order valence-electron chi connectivity index (χ2n) is 4.08. The van der Waals surface area contributed by atoms with Crippen molar-refractivity contribution in [2.75, 3.05) is 12.4 Å². The molecule has 0 aliphatic rings. The molecule has 0 saturated carbocycles. The van der Waals surface area contributed by atoms with Crippen molar-refractivity contribution in [1.82, 2.24) is 9.97 Å². The molecule has 1 N–H and O–H groups in total. The molecule has 0 saturated heterocycles. The van der Waals surface area contributed by atoms with Crippen LogP contribution in [0.1, 0.15) is 5.69 Å². The number of anilines is 2. The number of fused-ring (bicyclic) bond motifs is 1. The zero-order valence-corrected chi connectivity index (χ0v) is 11.3. The Morgan fingerprint density at radius 2 is 2.21 bits per heavy atom.